The fourth-order valence-corrected chi connectivity index (χ4v) is 2.24. The molecule has 3 N–H and O–H groups in total. The summed E-state index contributed by atoms with van der Waals surface area (Å²) in [5.74, 6) is -0.231. The number of nitrogens with one attached hydrogen (secondary N) is 1. The molecular weight excluding hydrogens is 324 g/mol. The van der Waals surface area contributed by atoms with Crippen LogP contribution in [-0.4, -0.2) is 40.9 Å². The molecule has 0 radical (unpaired) electrons. The first-order valence-electron chi connectivity index (χ1n) is 5.17. The molecule has 1 aromatic carbocycles. The summed E-state index contributed by atoms with van der Waals surface area (Å²) in [6.07, 6.45) is 0.852. The Labute approximate surface area is 119 Å². The molecule has 1 heterocycles. The van der Waals surface area contributed by atoms with Gasteiger partial charge in [0.05, 0.1) is 4.90 Å². The molecule has 0 saturated heterocycles. The third-order valence-corrected chi connectivity index (χ3v) is 3.68. The molecule has 0 bridgehead atoms. The molecule has 0 aliphatic carbocycles. The molecule has 2 aromatic rings. The Morgan fingerprint density at radius 2 is 1.71 bits per heavy atom. The Balaban J connectivity index is 2.35. The van der Waals surface area contributed by atoms with Gasteiger partial charge in [0.25, 0.3) is 15.3 Å². The summed E-state index contributed by atoms with van der Waals surface area (Å²) in [5.41, 5.74) is 0.178. The maximum Gasteiger partial charge on any atom is 0.330 e. The van der Waals surface area contributed by atoms with Crippen LogP contribution in [0.4, 0.5) is 11.6 Å². The summed E-state index contributed by atoms with van der Waals surface area (Å²) in [5, 5.41) is 1.66. The van der Waals surface area contributed by atoms with E-state index in [0.29, 0.717) is 0 Å². The van der Waals surface area contributed by atoms with E-state index in [1.165, 1.54) is 12.1 Å². The van der Waals surface area contributed by atoms with Crippen LogP contribution in [0.5, 0.6) is 0 Å². The van der Waals surface area contributed by atoms with Crippen LogP contribution >= 0.6 is 0 Å². The molecule has 1 aromatic heterocycles. The van der Waals surface area contributed by atoms with Gasteiger partial charge < -0.3 is 5.32 Å². The van der Waals surface area contributed by atoms with Crippen molar-refractivity contribution in [2.75, 3.05) is 5.32 Å². The van der Waals surface area contributed by atoms with Crippen LogP contribution in [0.3, 0.4) is 0 Å². The van der Waals surface area contributed by atoms with Gasteiger partial charge in [-0.3, -0.25) is 9.11 Å². The summed E-state index contributed by atoms with van der Waals surface area (Å²) in [6, 6.07) is 5.03. The van der Waals surface area contributed by atoms with Crippen LogP contribution in [0.15, 0.2) is 40.6 Å². The molecule has 0 saturated carbocycles. The lowest BCUT2D eigenvalue weighted by molar-refractivity contribution is 0.473. The summed E-state index contributed by atoms with van der Waals surface area (Å²) >= 11 is 0. The number of rotatable bonds is 4. The van der Waals surface area contributed by atoms with Crippen LogP contribution in [-0.2, 0) is 20.2 Å². The standard InChI is InChI=1S/C9H8N4O6S2/c14-20(15,16)7-3-1-2-6(4-7)12-8-10-5-11-9(13-8)21(17,18)19/h1-5H,(H,14,15,16)(H,17,18,19)(H,10,11,12,13). The molecule has 10 nitrogen and oxygen atoms in total. The zero-order chi connectivity index (χ0) is 15.7. The van der Waals surface area contributed by atoms with E-state index in [9.17, 15) is 16.8 Å². The van der Waals surface area contributed by atoms with Crippen molar-refractivity contribution in [3.05, 3.63) is 30.6 Å². The van der Waals surface area contributed by atoms with Gasteiger partial charge in [-0.15, -0.1) is 0 Å². The molecule has 0 unspecified atom stereocenters. The first-order valence-corrected chi connectivity index (χ1v) is 8.05. The predicted octanol–water partition coefficient (Wildman–Crippen LogP) is 0.109. The van der Waals surface area contributed by atoms with E-state index in [-0.39, 0.29) is 16.5 Å². The zero-order valence-corrected chi connectivity index (χ0v) is 11.7. The van der Waals surface area contributed by atoms with Gasteiger partial charge in [-0.05, 0) is 18.2 Å². The summed E-state index contributed by atoms with van der Waals surface area (Å²) in [4.78, 5) is 9.98. The minimum Gasteiger partial charge on any atom is -0.324 e. The van der Waals surface area contributed by atoms with Crippen LogP contribution in [0.1, 0.15) is 0 Å². The largest absolute Gasteiger partial charge is 0.330 e. The highest BCUT2D eigenvalue weighted by atomic mass is 32.2. The summed E-state index contributed by atoms with van der Waals surface area (Å²) in [6.45, 7) is 0. The second-order valence-corrected chi connectivity index (χ2v) is 6.43. The molecule has 0 aliphatic rings. The van der Waals surface area contributed by atoms with Crippen molar-refractivity contribution < 1.29 is 25.9 Å². The molecule has 0 amide bonds. The Hall–Kier alpha value is -2.15. The van der Waals surface area contributed by atoms with E-state index in [1.54, 1.807) is 0 Å². The average molecular weight is 332 g/mol. The highest BCUT2D eigenvalue weighted by Crippen LogP contribution is 2.18. The third kappa shape index (κ3) is 3.91. The fraction of sp³-hybridized carbons (Fsp3) is 0. The monoisotopic (exact) mass is 332 g/mol. The maximum absolute atomic E-state index is 11.0. The Morgan fingerprint density at radius 1 is 1.00 bits per heavy atom. The van der Waals surface area contributed by atoms with Crippen molar-refractivity contribution in [3.8, 4) is 0 Å². The fourth-order valence-electron chi connectivity index (χ4n) is 1.33. The van der Waals surface area contributed by atoms with Crippen LogP contribution < -0.4 is 5.32 Å². The van der Waals surface area contributed by atoms with Gasteiger partial charge in [0, 0.05) is 5.69 Å². The Morgan fingerprint density at radius 3 is 2.33 bits per heavy atom. The number of anilines is 2. The van der Waals surface area contributed by atoms with E-state index in [0.717, 1.165) is 18.5 Å². The number of hydrogen-bond acceptors (Lipinski definition) is 8. The van der Waals surface area contributed by atoms with E-state index in [1.807, 2.05) is 0 Å². The first kappa shape index (κ1) is 15.2. The molecule has 112 valence electrons. The Bertz CT molecular complexity index is 807. The topological polar surface area (TPSA) is 159 Å². The average Bonchev–Trinajstić information content (AvgIpc) is 2.37. The second kappa shape index (κ2) is 5.33. The summed E-state index contributed by atoms with van der Waals surface area (Å²) < 4.78 is 61.5. The van der Waals surface area contributed by atoms with Gasteiger partial charge >= 0.3 is 10.1 Å². The lowest BCUT2D eigenvalue weighted by Gasteiger charge is -2.06. The van der Waals surface area contributed by atoms with Crippen molar-refractivity contribution >= 4 is 31.9 Å². The number of nitrogens with zero attached hydrogens (tertiary/aromatic N) is 3. The molecule has 21 heavy (non-hydrogen) atoms. The van der Waals surface area contributed by atoms with Gasteiger partial charge in [-0.25, -0.2) is 9.97 Å². The van der Waals surface area contributed by atoms with E-state index in [4.69, 9.17) is 9.11 Å². The molecular formula is C9H8N4O6S2. The summed E-state index contributed by atoms with van der Waals surface area (Å²) in [7, 11) is -8.97. The number of hydrogen-bond donors (Lipinski definition) is 3. The Kier molecular flexibility index (Phi) is 3.87. The number of benzene rings is 1. The lowest BCUT2D eigenvalue weighted by Crippen LogP contribution is -2.08. The van der Waals surface area contributed by atoms with Gasteiger partial charge in [0.15, 0.2) is 0 Å². The van der Waals surface area contributed by atoms with Crippen molar-refractivity contribution in [2.24, 2.45) is 0 Å². The SMILES string of the molecule is O=S(=O)(O)c1cccc(Nc2ncnc(S(=O)(=O)O)n2)c1. The molecule has 12 heteroatoms. The maximum atomic E-state index is 11.0. The van der Waals surface area contributed by atoms with Gasteiger partial charge in [-0.2, -0.15) is 21.8 Å². The van der Waals surface area contributed by atoms with Crippen molar-refractivity contribution in [3.63, 3.8) is 0 Å². The smallest absolute Gasteiger partial charge is 0.324 e. The minimum absolute atomic E-state index is 0.178. The van der Waals surface area contributed by atoms with Crippen molar-refractivity contribution in [2.45, 2.75) is 10.1 Å². The predicted molar refractivity (Wildman–Crippen MR) is 69.2 cm³/mol. The van der Waals surface area contributed by atoms with E-state index >= 15 is 0 Å². The second-order valence-electron chi connectivity index (χ2n) is 3.69. The molecule has 0 spiro atoms. The molecule has 0 fully saturated rings. The normalized spacial score (nSPS) is 12.1. The molecule has 2 rings (SSSR count). The van der Waals surface area contributed by atoms with Gasteiger partial charge in [0.1, 0.15) is 6.33 Å². The van der Waals surface area contributed by atoms with Crippen LogP contribution in [0.25, 0.3) is 0 Å². The van der Waals surface area contributed by atoms with Crippen LogP contribution in [0, 0.1) is 0 Å². The lowest BCUT2D eigenvalue weighted by atomic mass is 10.3. The van der Waals surface area contributed by atoms with E-state index < -0.39 is 25.4 Å². The highest BCUT2D eigenvalue weighted by Gasteiger charge is 2.15. The van der Waals surface area contributed by atoms with Crippen LogP contribution in [0.2, 0.25) is 0 Å². The van der Waals surface area contributed by atoms with E-state index in [2.05, 4.69) is 20.3 Å². The third-order valence-electron chi connectivity index (χ3n) is 2.17. The first-order chi connectivity index (χ1) is 9.66. The highest BCUT2D eigenvalue weighted by molar-refractivity contribution is 7.86. The molecule has 0 aliphatic heterocycles. The zero-order valence-electron chi connectivity index (χ0n) is 10.1. The van der Waals surface area contributed by atoms with Gasteiger partial charge in [-0.1, -0.05) is 6.07 Å². The number of aromatic nitrogens is 3. The quantitative estimate of drug-likeness (QED) is 0.655. The van der Waals surface area contributed by atoms with Crippen molar-refractivity contribution in [1.29, 1.82) is 0 Å². The molecule has 0 atom stereocenters. The van der Waals surface area contributed by atoms with Crippen molar-refractivity contribution in [1.82, 2.24) is 15.0 Å². The van der Waals surface area contributed by atoms with Gasteiger partial charge in [0.2, 0.25) is 5.95 Å². The minimum atomic E-state index is -4.59.